The highest BCUT2D eigenvalue weighted by Gasteiger charge is 2.12. The Kier molecular flexibility index (Phi) is 3.69. The number of hydrogen-bond acceptors (Lipinski definition) is 4. The Labute approximate surface area is 144 Å². The zero-order valence-corrected chi connectivity index (χ0v) is 14.1. The predicted octanol–water partition coefficient (Wildman–Crippen LogP) is 4.36. The maximum Gasteiger partial charge on any atom is 0.185 e. The van der Waals surface area contributed by atoms with E-state index in [0.29, 0.717) is 17.8 Å². The number of benzene rings is 2. The van der Waals surface area contributed by atoms with E-state index < -0.39 is 0 Å². The van der Waals surface area contributed by atoms with Crippen molar-refractivity contribution in [2.75, 3.05) is 0 Å². The van der Waals surface area contributed by atoms with Crippen LogP contribution in [0.5, 0.6) is 0 Å². The highest BCUT2D eigenvalue weighted by molar-refractivity contribution is 5.83. The maximum atomic E-state index is 10.8. The van der Waals surface area contributed by atoms with Crippen LogP contribution in [0.15, 0.2) is 52.9 Å². The number of nitrogens with zero attached hydrogens (tertiary/aromatic N) is 3. The summed E-state index contributed by atoms with van der Waals surface area (Å²) in [4.78, 5) is 12.5. The first-order valence-corrected chi connectivity index (χ1v) is 8.20. The van der Waals surface area contributed by atoms with Crippen molar-refractivity contribution in [3.8, 4) is 17.0 Å². The van der Waals surface area contributed by atoms with Gasteiger partial charge in [-0.15, -0.1) is 10.2 Å². The minimum Gasteiger partial charge on any atom is -0.453 e. The molecule has 5 nitrogen and oxygen atoms in total. The van der Waals surface area contributed by atoms with Gasteiger partial charge in [-0.1, -0.05) is 19.1 Å². The highest BCUT2D eigenvalue weighted by atomic mass is 16.3. The lowest BCUT2D eigenvalue weighted by molar-refractivity contribution is 0.110. The van der Waals surface area contributed by atoms with Gasteiger partial charge in [0.05, 0.1) is 5.69 Å². The largest absolute Gasteiger partial charge is 0.453 e. The summed E-state index contributed by atoms with van der Waals surface area (Å²) in [5.74, 6) is 0.970. The number of aromatic nitrogens is 3. The van der Waals surface area contributed by atoms with Crippen molar-refractivity contribution in [3.63, 3.8) is 0 Å². The zero-order valence-electron chi connectivity index (χ0n) is 14.1. The van der Waals surface area contributed by atoms with E-state index in [1.165, 1.54) is 5.56 Å². The Balaban J connectivity index is 1.78. The van der Waals surface area contributed by atoms with E-state index in [4.69, 9.17) is 4.42 Å². The van der Waals surface area contributed by atoms with E-state index >= 15 is 0 Å². The monoisotopic (exact) mass is 331 g/mol. The van der Waals surface area contributed by atoms with Crippen molar-refractivity contribution in [2.24, 2.45) is 0 Å². The molecule has 4 rings (SSSR count). The van der Waals surface area contributed by atoms with Gasteiger partial charge < -0.3 is 4.42 Å². The molecule has 0 radical (unpaired) electrons. The fourth-order valence-corrected chi connectivity index (χ4v) is 2.87. The summed E-state index contributed by atoms with van der Waals surface area (Å²) in [5.41, 5.74) is 5.74. The lowest BCUT2D eigenvalue weighted by Gasteiger charge is -2.01. The van der Waals surface area contributed by atoms with E-state index in [0.717, 1.165) is 34.3 Å². The third kappa shape index (κ3) is 2.74. The molecular formula is C20H17N3O2. The summed E-state index contributed by atoms with van der Waals surface area (Å²) < 4.78 is 5.54. The highest BCUT2D eigenvalue weighted by Crippen LogP contribution is 2.28. The van der Waals surface area contributed by atoms with Gasteiger partial charge in [-0.05, 0) is 60.9 Å². The first kappa shape index (κ1) is 15.3. The summed E-state index contributed by atoms with van der Waals surface area (Å²) >= 11 is 0. The normalized spacial score (nSPS) is 11.1. The molecule has 0 aliphatic rings. The summed E-state index contributed by atoms with van der Waals surface area (Å²) in [7, 11) is 0. The van der Waals surface area contributed by atoms with Crippen molar-refractivity contribution in [3.05, 3.63) is 65.4 Å². The third-order valence-corrected chi connectivity index (χ3v) is 4.31. The zero-order chi connectivity index (χ0) is 17.4. The number of carbonyl (C=O) groups excluding carboxylic acids is 1. The number of hydrogen-bond donors (Lipinski definition) is 0. The Morgan fingerprint density at radius 2 is 1.76 bits per heavy atom. The molecule has 25 heavy (non-hydrogen) atoms. The second kappa shape index (κ2) is 6.02. The van der Waals surface area contributed by atoms with Gasteiger partial charge in [0.15, 0.2) is 12.0 Å². The molecule has 124 valence electrons. The van der Waals surface area contributed by atoms with Crippen LogP contribution in [0.2, 0.25) is 0 Å². The van der Waals surface area contributed by atoms with E-state index in [1.807, 2.05) is 31.2 Å². The fourth-order valence-electron chi connectivity index (χ4n) is 2.87. The van der Waals surface area contributed by atoms with Crippen LogP contribution in [-0.2, 0) is 6.42 Å². The molecule has 2 heterocycles. The summed E-state index contributed by atoms with van der Waals surface area (Å²) in [6, 6.07) is 15.6. The standard InChI is InChI=1S/C20H17N3O2/c1-3-14-4-6-15(7-5-14)23-21-18-10-13(2)17(11-19(18)22-23)20-9-8-16(12-24)25-20/h4-12H,3H2,1-2H3. The smallest absolute Gasteiger partial charge is 0.185 e. The van der Waals surface area contributed by atoms with Crippen LogP contribution in [0.1, 0.15) is 28.6 Å². The molecule has 0 amide bonds. The lowest BCUT2D eigenvalue weighted by atomic mass is 10.1. The first-order chi connectivity index (χ1) is 12.2. The average molecular weight is 331 g/mol. The molecule has 0 spiro atoms. The molecule has 0 atom stereocenters. The number of fused-ring (bicyclic) bond motifs is 1. The number of carbonyl (C=O) groups is 1. The molecule has 0 aliphatic heterocycles. The Morgan fingerprint density at radius 1 is 1.04 bits per heavy atom. The summed E-state index contributed by atoms with van der Waals surface area (Å²) in [5, 5.41) is 9.16. The van der Waals surface area contributed by atoms with Crippen molar-refractivity contribution < 1.29 is 9.21 Å². The van der Waals surface area contributed by atoms with Crippen molar-refractivity contribution >= 4 is 17.3 Å². The predicted molar refractivity (Wildman–Crippen MR) is 96.1 cm³/mol. The van der Waals surface area contributed by atoms with Crippen LogP contribution in [0.25, 0.3) is 28.0 Å². The van der Waals surface area contributed by atoms with Crippen LogP contribution >= 0.6 is 0 Å². The molecule has 2 aromatic carbocycles. The Morgan fingerprint density at radius 3 is 2.40 bits per heavy atom. The first-order valence-electron chi connectivity index (χ1n) is 8.20. The molecule has 0 saturated heterocycles. The third-order valence-electron chi connectivity index (χ3n) is 4.31. The molecule has 0 aliphatic carbocycles. The van der Waals surface area contributed by atoms with Gasteiger partial charge in [0.1, 0.15) is 16.8 Å². The van der Waals surface area contributed by atoms with Crippen molar-refractivity contribution in [1.29, 1.82) is 0 Å². The number of rotatable bonds is 4. The second-order valence-electron chi connectivity index (χ2n) is 5.99. The van der Waals surface area contributed by atoms with Gasteiger partial charge in [-0.3, -0.25) is 4.79 Å². The summed E-state index contributed by atoms with van der Waals surface area (Å²) in [6.45, 7) is 4.12. The van der Waals surface area contributed by atoms with E-state index in [2.05, 4.69) is 29.3 Å². The number of aryl methyl sites for hydroxylation is 2. The number of aldehydes is 1. The van der Waals surface area contributed by atoms with Crippen molar-refractivity contribution in [2.45, 2.75) is 20.3 Å². The quantitative estimate of drug-likeness (QED) is 0.521. The minimum absolute atomic E-state index is 0.314. The second-order valence-corrected chi connectivity index (χ2v) is 5.99. The van der Waals surface area contributed by atoms with Gasteiger partial charge in [-0.25, -0.2) is 0 Å². The van der Waals surface area contributed by atoms with Gasteiger partial charge >= 0.3 is 0 Å². The summed E-state index contributed by atoms with van der Waals surface area (Å²) in [6.07, 6.45) is 1.71. The lowest BCUT2D eigenvalue weighted by Crippen LogP contribution is -1.98. The van der Waals surface area contributed by atoms with Gasteiger partial charge in [-0.2, -0.15) is 4.80 Å². The number of furan rings is 1. The Bertz CT molecular complexity index is 1060. The van der Waals surface area contributed by atoms with Crippen LogP contribution < -0.4 is 0 Å². The molecule has 0 N–H and O–H groups in total. The van der Waals surface area contributed by atoms with Gasteiger partial charge in [0.2, 0.25) is 0 Å². The van der Waals surface area contributed by atoms with E-state index in [-0.39, 0.29) is 0 Å². The van der Waals surface area contributed by atoms with E-state index in [9.17, 15) is 4.79 Å². The van der Waals surface area contributed by atoms with E-state index in [1.54, 1.807) is 16.9 Å². The van der Waals surface area contributed by atoms with Crippen LogP contribution in [-0.4, -0.2) is 21.3 Å². The van der Waals surface area contributed by atoms with Crippen LogP contribution in [0.4, 0.5) is 0 Å². The fraction of sp³-hybridized carbons (Fsp3) is 0.150. The van der Waals surface area contributed by atoms with Crippen LogP contribution in [0.3, 0.4) is 0 Å². The molecule has 2 aromatic heterocycles. The van der Waals surface area contributed by atoms with Gasteiger partial charge in [0, 0.05) is 5.56 Å². The molecule has 0 unspecified atom stereocenters. The maximum absolute atomic E-state index is 10.8. The molecule has 0 bridgehead atoms. The van der Waals surface area contributed by atoms with Gasteiger partial charge in [0.25, 0.3) is 0 Å². The molecule has 4 aromatic rings. The Hall–Kier alpha value is -3.21. The average Bonchev–Trinajstić information content (AvgIpc) is 3.27. The molecular weight excluding hydrogens is 314 g/mol. The van der Waals surface area contributed by atoms with Crippen molar-refractivity contribution in [1.82, 2.24) is 15.0 Å². The topological polar surface area (TPSA) is 60.9 Å². The molecule has 0 saturated carbocycles. The minimum atomic E-state index is 0.314. The molecule has 5 heteroatoms. The SMILES string of the molecule is CCc1ccc(-n2nc3cc(C)c(-c4ccc(C=O)o4)cc3n2)cc1. The molecule has 0 fully saturated rings. The van der Waals surface area contributed by atoms with Crippen LogP contribution in [0, 0.1) is 6.92 Å².